The fraction of sp³-hybridized carbons (Fsp3) is 0.562. The Morgan fingerprint density at radius 2 is 1.95 bits per heavy atom. The van der Waals surface area contributed by atoms with E-state index in [0.29, 0.717) is 5.75 Å². The molecule has 116 valence electrons. The predicted molar refractivity (Wildman–Crippen MR) is 77.5 cm³/mol. The lowest BCUT2D eigenvalue weighted by atomic mass is 9.91. The molecule has 21 heavy (non-hydrogen) atoms. The summed E-state index contributed by atoms with van der Waals surface area (Å²) in [6.45, 7) is 1.66. The van der Waals surface area contributed by atoms with Gasteiger partial charge in [0.25, 0.3) is 5.91 Å². The van der Waals surface area contributed by atoms with Crippen LogP contribution in [0.15, 0.2) is 24.3 Å². The summed E-state index contributed by atoms with van der Waals surface area (Å²) in [5.41, 5.74) is 0. The number of hydrogen-bond donors (Lipinski definition) is 1. The van der Waals surface area contributed by atoms with Crippen molar-refractivity contribution in [2.24, 2.45) is 0 Å². The lowest BCUT2D eigenvalue weighted by molar-refractivity contribution is -0.142. The summed E-state index contributed by atoms with van der Waals surface area (Å²) in [6, 6.07) is 5.43. The number of aliphatic hydroxyl groups is 1. The van der Waals surface area contributed by atoms with Gasteiger partial charge in [-0.3, -0.25) is 4.79 Å². The smallest absolute Gasteiger partial charge is 0.263 e. The number of carbonyl (C=O) groups excluding carboxylic acids is 1. The summed E-state index contributed by atoms with van der Waals surface area (Å²) in [5.74, 6) is -0.0658. The second-order valence-corrected chi connectivity index (χ2v) is 5.58. The standard InChI is InChI=1S/C16H22FNO3/c1-11(21-13-9-7-12(17)8-10-13)16(20)18(2)14-5-3-4-6-15(14)19/h7-11,14-15,19H,3-6H2,1-2H3/t11-,14-,15+/m0/s1. The molecule has 1 amide bonds. The van der Waals surface area contributed by atoms with E-state index in [1.807, 2.05) is 0 Å². The van der Waals surface area contributed by atoms with E-state index in [1.54, 1.807) is 18.9 Å². The van der Waals surface area contributed by atoms with E-state index in [4.69, 9.17) is 4.74 Å². The topological polar surface area (TPSA) is 49.8 Å². The molecule has 4 nitrogen and oxygen atoms in total. The van der Waals surface area contributed by atoms with Gasteiger partial charge in [-0.15, -0.1) is 0 Å². The van der Waals surface area contributed by atoms with Crippen LogP contribution in [0.25, 0.3) is 0 Å². The van der Waals surface area contributed by atoms with Crippen molar-refractivity contribution < 1.29 is 19.0 Å². The monoisotopic (exact) mass is 295 g/mol. The van der Waals surface area contributed by atoms with Crippen LogP contribution in [0.4, 0.5) is 4.39 Å². The molecule has 1 N–H and O–H groups in total. The van der Waals surface area contributed by atoms with Gasteiger partial charge in [0.15, 0.2) is 6.10 Å². The molecule has 1 aromatic rings. The number of hydrogen-bond acceptors (Lipinski definition) is 3. The minimum absolute atomic E-state index is 0.148. The highest BCUT2D eigenvalue weighted by Gasteiger charge is 2.31. The van der Waals surface area contributed by atoms with E-state index in [1.165, 1.54) is 24.3 Å². The number of likely N-dealkylation sites (N-methyl/N-ethyl adjacent to an activating group) is 1. The fourth-order valence-corrected chi connectivity index (χ4v) is 2.76. The van der Waals surface area contributed by atoms with Crippen LogP contribution in [0.1, 0.15) is 32.6 Å². The maximum atomic E-state index is 12.8. The van der Waals surface area contributed by atoms with Crippen LogP contribution in [0.5, 0.6) is 5.75 Å². The van der Waals surface area contributed by atoms with Crippen LogP contribution in [0.3, 0.4) is 0 Å². The summed E-state index contributed by atoms with van der Waals surface area (Å²) < 4.78 is 18.4. The average Bonchev–Trinajstić information content (AvgIpc) is 2.48. The maximum absolute atomic E-state index is 12.8. The van der Waals surface area contributed by atoms with Crippen molar-refractivity contribution in [1.82, 2.24) is 4.90 Å². The van der Waals surface area contributed by atoms with Crippen molar-refractivity contribution in [1.29, 1.82) is 0 Å². The summed E-state index contributed by atoms with van der Waals surface area (Å²) in [7, 11) is 1.70. The van der Waals surface area contributed by atoms with E-state index in [9.17, 15) is 14.3 Å². The van der Waals surface area contributed by atoms with Gasteiger partial charge >= 0.3 is 0 Å². The Balaban J connectivity index is 1.96. The summed E-state index contributed by atoms with van der Waals surface area (Å²) in [5, 5.41) is 10.0. The predicted octanol–water partition coefficient (Wildman–Crippen LogP) is 2.35. The molecule has 0 saturated heterocycles. The molecule has 0 unspecified atom stereocenters. The fourth-order valence-electron chi connectivity index (χ4n) is 2.76. The first-order valence-corrected chi connectivity index (χ1v) is 7.36. The van der Waals surface area contributed by atoms with Crippen molar-refractivity contribution in [2.45, 2.75) is 50.9 Å². The van der Waals surface area contributed by atoms with E-state index in [0.717, 1.165) is 25.7 Å². The Kier molecular flexibility index (Phi) is 5.17. The third-order valence-electron chi connectivity index (χ3n) is 4.01. The van der Waals surface area contributed by atoms with Crippen LogP contribution in [0.2, 0.25) is 0 Å². The summed E-state index contributed by atoms with van der Waals surface area (Å²) >= 11 is 0. The van der Waals surface area contributed by atoms with Gasteiger partial charge in [-0.05, 0) is 44.0 Å². The van der Waals surface area contributed by atoms with Crippen molar-refractivity contribution in [3.05, 3.63) is 30.1 Å². The third kappa shape index (κ3) is 3.94. The lowest BCUT2D eigenvalue weighted by Crippen LogP contribution is -2.50. The molecule has 0 aromatic heterocycles. The molecule has 0 heterocycles. The van der Waals surface area contributed by atoms with Crippen LogP contribution < -0.4 is 4.74 Å². The Morgan fingerprint density at radius 1 is 1.33 bits per heavy atom. The zero-order valence-corrected chi connectivity index (χ0v) is 12.5. The molecule has 5 heteroatoms. The zero-order valence-electron chi connectivity index (χ0n) is 12.5. The lowest BCUT2D eigenvalue weighted by Gasteiger charge is -2.36. The van der Waals surface area contributed by atoms with Crippen LogP contribution in [-0.2, 0) is 4.79 Å². The molecule has 1 aliphatic rings. The highest BCUT2D eigenvalue weighted by atomic mass is 19.1. The van der Waals surface area contributed by atoms with E-state index in [-0.39, 0.29) is 17.8 Å². The molecule has 3 atom stereocenters. The molecule has 1 aromatic carbocycles. The highest BCUT2D eigenvalue weighted by molar-refractivity contribution is 5.81. The average molecular weight is 295 g/mol. The molecule has 0 bridgehead atoms. The van der Waals surface area contributed by atoms with Gasteiger partial charge < -0.3 is 14.7 Å². The minimum atomic E-state index is -0.672. The first-order chi connectivity index (χ1) is 9.99. The van der Waals surface area contributed by atoms with Gasteiger partial charge in [0.2, 0.25) is 0 Å². The molecule has 0 spiro atoms. The second-order valence-electron chi connectivity index (χ2n) is 5.58. The van der Waals surface area contributed by atoms with Gasteiger partial charge in [0, 0.05) is 7.05 Å². The summed E-state index contributed by atoms with van der Waals surface area (Å²) in [6.07, 6.45) is 2.43. The number of halogens is 1. The molecule has 0 radical (unpaired) electrons. The molecular formula is C16H22FNO3. The number of amides is 1. The highest BCUT2D eigenvalue weighted by Crippen LogP contribution is 2.23. The van der Waals surface area contributed by atoms with Gasteiger partial charge in [-0.1, -0.05) is 12.8 Å². The number of nitrogens with zero attached hydrogens (tertiary/aromatic N) is 1. The van der Waals surface area contributed by atoms with Crippen molar-refractivity contribution in [2.75, 3.05) is 7.05 Å². The molecule has 1 aliphatic carbocycles. The Hall–Kier alpha value is -1.62. The van der Waals surface area contributed by atoms with Crippen LogP contribution >= 0.6 is 0 Å². The van der Waals surface area contributed by atoms with Crippen LogP contribution in [0, 0.1) is 5.82 Å². The quantitative estimate of drug-likeness (QED) is 0.927. The van der Waals surface area contributed by atoms with Gasteiger partial charge in [-0.2, -0.15) is 0 Å². The first kappa shape index (κ1) is 15.8. The van der Waals surface area contributed by atoms with Gasteiger partial charge in [0.05, 0.1) is 12.1 Å². The van der Waals surface area contributed by atoms with E-state index in [2.05, 4.69) is 0 Å². The largest absolute Gasteiger partial charge is 0.481 e. The number of rotatable bonds is 4. The summed E-state index contributed by atoms with van der Waals surface area (Å²) in [4.78, 5) is 14.0. The van der Waals surface area contributed by atoms with Crippen LogP contribution in [-0.4, -0.2) is 41.2 Å². The molecule has 0 aliphatic heterocycles. The number of benzene rings is 1. The molecule has 1 saturated carbocycles. The molecule has 2 rings (SSSR count). The number of aliphatic hydroxyl groups excluding tert-OH is 1. The Bertz CT molecular complexity index is 477. The third-order valence-corrected chi connectivity index (χ3v) is 4.01. The van der Waals surface area contributed by atoms with Gasteiger partial charge in [0.1, 0.15) is 11.6 Å². The Labute approximate surface area is 124 Å². The van der Waals surface area contributed by atoms with E-state index >= 15 is 0 Å². The van der Waals surface area contributed by atoms with E-state index < -0.39 is 12.2 Å². The second kappa shape index (κ2) is 6.89. The normalized spacial score (nSPS) is 23.4. The number of ether oxygens (including phenoxy) is 1. The molecular weight excluding hydrogens is 273 g/mol. The maximum Gasteiger partial charge on any atom is 0.263 e. The number of carbonyl (C=O) groups is 1. The van der Waals surface area contributed by atoms with Gasteiger partial charge in [-0.25, -0.2) is 4.39 Å². The zero-order chi connectivity index (χ0) is 15.4. The minimum Gasteiger partial charge on any atom is -0.481 e. The van der Waals surface area contributed by atoms with Crippen molar-refractivity contribution >= 4 is 5.91 Å². The van der Waals surface area contributed by atoms with Crippen molar-refractivity contribution in [3.8, 4) is 5.75 Å². The SMILES string of the molecule is C[C@H](Oc1ccc(F)cc1)C(=O)N(C)[C@H]1CCCC[C@H]1O. The Morgan fingerprint density at radius 3 is 2.57 bits per heavy atom. The van der Waals surface area contributed by atoms with Crippen molar-refractivity contribution in [3.63, 3.8) is 0 Å². The first-order valence-electron chi connectivity index (χ1n) is 7.36. The molecule has 1 fully saturated rings.